The fourth-order valence-corrected chi connectivity index (χ4v) is 1.62. The molecule has 0 saturated carbocycles. The molecule has 1 rings (SSSR count). The molecule has 0 aliphatic heterocycles. The predicted molar refractivity (Wildman–Crippen MR) is 73.1 cm³/mol. The Balaban J connectivity index is 2.44. The second kappa shape index (κ2) is 6.99. The second-order valence-electron chi connectivity index (χ2n) is 4.33. The summed E-state index contributed by atoms with van der Waals surface area (Å²) in [6.45, 7) is 3.48. The van der Waals surface area contributed by atoms with E-state index in [1.165, 1.54) is 0 Å². The summed E-state index contributed by atoms with van der Waals surface area (Å²) in [5.74, 6) is -1.59. The third kappa shape index (κ3) is 4.79. The summed E-state index contributed by atoms with van der Waals surface area (Å²) in [6, 6.07) is 6.32. The van der Waals surface area contributed by atoms with E-state index in [9.17, 15) is 9.59 Å². The molecule has 0 fully saturated rings. The van der Waals surface area contributed by atoms with Crippen molar-refractivity contribution in [3.05, 3.63) is 34.9 Å². The number of amides is 2. The molecular formula is C13H17ClN2O3. The molecule has 6 heteroatoms. The van der Waals surface area contributed by atoms with Gasteiger partial charge in [-0.2, -0.15) is 0 Å². The van der Waals surface area contributed by atoms with E-state index in [-0.39, 0.29) is 0 Å². The maximum Gasteiger partial charge on any atom is 0.315 e. The van der Waals surface area contributed by atoms with Crippen LogP contribution in [0.25, 0.3) is 0 Å². The van der Waals surface area contributed by atoms with Crippen molar-refractivity contribution in [3.8, 4) is 0 Å². The Morgan fingerprint density at radius 3 is 2.53 bits per heavy atom. The maximum absolute atomic E-state index is 11.6. The highest BCUT2D eigenvalue weighted by Crippen LogP contribution is 2.14. The van der Waals surface area contributed by atoms with Gasteiger partial charge in [0.2, 0.25) is 0 Å². The van der Waals surface area contributed by atoms with E-state index in [2.05, 4.69) is 10.6 Å². The molecule has 104 valence electrons. The van der Waals surface area contributed by atoms with Gasteiger partial charge in [0.25, 0.3) is 0 Å². The molecule has 2 amide bonds. The standard InChI is InChI=1S/C13H17ClN2O3/c1-8(12(17)18)9(2)16-13(19)15-7-10-5-3-4-6-11(10)14/h3-6,8-9H,7H2,1-2H3,(H,17,18)(H2,15,16,19). The zero-order valence-electron chi connectivity index (χ0n) is 10.8. The number of urea groups is 1. The van der Waals surface area contributed by atoms with Gasteiger partial charge in [-0.1, -0.05) is 29.8 Å². The first kappa shape index (κ1) is 15.3. The molecule has 0 bridgehead atoms. The van der Waals surface area contributed by atoms with E-state index in [0.29, 0.717) is 11.6 Å². The topological polar surface area (TPSA) is 78.4 Å². The van der Waals surface area contributed by atoms with Gasteiger partial charge < -0.3 is 15.7 Å². The highest BCUT2D eigenvalue weighted by Gasteiger charge is 2.20. The van der Waals surface area contributed by atoms with Crippen molar-refractivity contribution < 1.29 is 14.7 Å². The average Bonchev–Trinajstić information content (AvgIpc) is 2.36. The first-order chi connectivity index (χ1) is 8.91. The van der Waals surface area contributed by atoms with Crippen LogP contribution in [0.1, 0.15) is 19.4 Å². The summed E-state index contributed by atoms with van der Waals surface area (Å²) in [6.07, 6.45) is 0. The Morgan fingerprint density at radius 2 is 1.95 bits per heavy atom. The van der Waals surface area contributed by atoms with E-state index in [0.717, 1.165) is 5.56 Å². The van der Waals surface area contributed by atoms with Gasteiger partial charge in [-0.05, 0) is 25.5 Å². The largest absolute Gasteiger partial charge is 0.481 e. The first-order valence-electron chi connectivity index (χ1n) is 5.92. The molecule has 5 nitrogen and oxygen atoms in total. The number of hydrogen-bond acceptors (Lipinski definition) is 2. The highest BCUT2D eigenvalue weighted by atomic mass is 35.5. The molecule has 0 saturated heterocycles. The quantitative estimate of drug-likeness (QED) is 0.776. The normalized spacial score (nSPS) is 13.4. The lowest BCUT2D eigenvalue weighted by Gasteiger charge is -2.18. The molecule has 1 aromatic rings. The molecule has 19 heavy (non-hydrogen) atoms. The van der Waals surface area contributed by atoms with Gasteiger partial charge in [-0.3, -0.25) is 4.79 Å². The van der Waals surface area contributed by atoms with E-state index >= 15 is 0 Å². The Kier molecular flexibility index (Phi) is 5.63. The van der Waals surface area contributed by atoms with E-state index in [4.69, 9.17) is 16.7 Å². The van der Waals surface area contributed by atoms with Gasteiger partial charge in [-0.25, -0.2) is 4.79 Å². The lowest BCUT2D eigenvalue weighted by Crippen LogP contribution is -2.45. The van der Waals surface area contributed by atoms with Crippen molar-refractivity contribution >= 4 is 23.6 Å². The number of carbonyl (C=O) groups excluding carboxylic acids is 1. The van der Waals surface area contributed by atoms with Crippen LogP contribution in [-0.4, -0.2) is 23.1 Å². The summed E-state index contributed by atoms with van der Waals surface area (Å²) in [4.78, 5) is 22.4. The van der Waals surface area contributed by atoms with Crippen molar-refractivity contribution in [2.75, 3.05) is 0 Å². The summed E-state index contributed by atoms with van der Waals surface area (Å²) in [5.41, 5.74) is 0.804. The smallest absolute Gasteiger partial charge is 0.315 e. The van der Waals surface area contributed by atoms with Crippen LogP contribution < -0.4 is 10.6 Å². The Morgan fingerprint density at radius 1 is 1.32 bits per heavy atom. The number of nitrogens with one attached hydrogen (secondary N) is 2. The zero-order chi connectivity index (χ0) is 14.4. The van der Waals surface area contributed by atoms with Gasteiger partial charge in [-0.15, -0.1) is 0 Å². The van der Waals surface area contributed by atoms with Crippen molar-refractivity contribution in [1.82, 2.24) is 10.6 Å². The molecule has 0 radical (unpaired) electrons. The van der Waals surface area contributed by atoms with Gasteiger partial charge in [0, 0.05) is 17.6 Å². The lowest BCUT2D eigenvalue weighted by atomic mass is 10.0. The van der Waals surface area contributed by atoms with Gasteiger partial charge in [0.15, 0.2) is 0 Å². The third-order valence-corrected chi connectivity index (χ3v) is 3.26. The molecule has 3 N–H and O–H groups in total. The Bertz CT molecular complexity index is 465. The number of halogens is 1. The van der Waals surface area contributed by atoms with Crippen LogP contribution in [0.4, 0.5) is 4.79 Å². The van der Waals surface area contributed by atoms with Crippen molar-refractivity contribution in [2.45, 2.75) is 26.4 Å². The van der Waals surface area contributed by atoms with E-state index in [1.807, 2.05) is 18.2 Å². The minimum atomic E-state index is -0.945. The summed E-state index contributed by atoms with van der Waals surface area (Å²) >= 11 is 5.96. The first-order valence-corrected chi connectivity index (χ1v) is 6.30. The fourth-order valence-electron chi connectivity index (χ4n) is 1.41. The Hall–Kier alpha value is -1.75. The monoisotopic (exact) mass is 284 g/mol. The molecule has 0 spiro atoms. The maximum atomic E-state index is 11.6. The Labute approximate surface area is 117 Å². The van der Waals surface area contributed by atoms with Crippen LogP contribution in [-0.2, 0) is 11.3 Å². The minimum absolute atomic E-state index is 0.291. The summed E-state index contributed by atoms with van der Waals surface area (Å²) in [7, 11) is 0. The molecule has 0 heterocycles. The summed E-state index contributed by atoms with van der Waals surface area (Å²) < 4.78 is 0. The molecular weight excluding hydrogens is 268 g/mol. The highest BCUT2D eigenvalue weighted by molar-refractivity contribution is 6.31. The number of carboxylic acids is 1. The van der Waals surface area contributed by atoms with Crippen molar-refractivity contribution in [3.63, 3.8) is 0 Å². The van der Waals surface area contributed by atoms with Crippen LogP contribution >= 0.6 is 11.6 Å². The number of carboxylic acid groups (broad SMARTS) is 1. The molecule has 0 aliphatic rings. The molecule has 2 atom stereocenters. The predicted octanol–water partition coefficient (Wildman–Crippen LogP) is 2.25. The fraction of sp³-hybridized carbons (Fsp3) is 0.385. The molecule has 2 unspecified atom stereocenters. The molecule has 0 aliphatic carbocycles. The third-order valence-electron chi connectivity index (χ3n) is 2.90. The van der Waals surface area contributed by atoms with Crippen LogP contribution in [0.5, 0.6) is 0 Å². The van der Waals surface area contributed by atoms with Crippen molar-refractivity contribution in [1.29, 1.82) is 0 Å². The van der Waals surface area contributed by atoms with Crippen LogP contribution in [0.3, 0.4) is 0 Å². The van der Waals surface area contributed by atoms with Crippen LogP contribution in [0.2, 0.25) is 5.02 Å². The van der Waals surface area contributed by atoms with Crippen LogP contribution in [0, 0.1) is 5.92 Å². The number of hydrogen-bond donors (Lipinski definition) is 3. The molecule has 1 aromatic carbocycles. The van der Waals surface area contributed by atoms with Gasteiger partial charge >= 0.3 is 12.0 Å². The zero-order valence-corrected chi connectivity index (χ0v) is 11.6. The minimum Gasteiger partial charge on any atom is -0.481 e. The van der Waals surface area contributed by atoms with Crippen LogP contribution in [0.15, 0.2) is 24.3 Å². The number of rotatable bonds is 5. The van der Waals surface area contributed by atoms with Crippen molar-refractivity contribution in [2.24, 2.45) is 5.92 Å². The lowest BCUT2D eigenvalue weighted by molar-refractivity contribution is -0.141. The number of aliphatic carboxylic acids is 1. The SMILES string of the molecule is CC(NC(=O)NCc1ccccc1Cl)C(C)C(=O)O. The number of carbonyl (C=O) groups is 2. The second-order valence-corrected chi connectivity index (χ2v) is 4.74. The van der Waals surface area contributed by atoms with E-state index < -0.39 is 24.0 Å². The molecule has 0 aromatic heterocycles. The average molecular weight is 285 g/mol. The number of benzene rings is 1. The van der Waals surface area contributed by atoms with Gasteiger partial charge in [0.1, 0.15) is 0 Å². The van der Waals surface area contributed by atoms with E-state index in [1.54, 1.807) is 19.9 Å². The van der Waals surface area contributed by atoms with Gasteiger partial charge in [0.05, 0.1) is 5.92 Å². The summed E-state index contributed by atoms with van der Waals surface area (Å²) in [5, 5.41) is 14.6.